The van der Waals surface area contributed by atoms with Crippen LogP contribution in [0.4, 0.5) is 5.69 Å². The molecule has 0 aromatic heterocycles. The highest BCUT2D eigenvalue weighted by atomic mass is 32.2. The van der Waals surface area contributed by atoms with Gasteiger partial charge in [0.25, 0.3) is 0 Å². The van der Waals surface area contributed by atoms with Crippen LogP contribution in [0.25, 0.3) is 0 Å². The van der Waals surface area contributed by atoms with Crippen molar-refractivity contribution < 1.29 is 8.42 Å². The molecule has 17 heavy (non-hydrogen) atoms. The van der Waals surface area contributed by atoms with Gasteiger partial charge in [0, 0.05) is 18.8 Å². The van der Waals surface area contributed by atoms with Crippen molar-refractivity contribution >= 4 is 15.7 Å². The van der Waals surface area contributed by atoms with Crippen LogP contribution in [0.15, 0.2) is 23.1 Å². The van der Waals surface area contributed by atoms with E-state index in [0.29, 0.717) is 11.4 Å². The highest BCUT2D eigenvalue weighted by Gasteiger charge is 2.21. The number of benzene rings is 1. The topological polar surface area (TPSA) is 58.2 Å². The third-order valence-corrected chi connectivity index (χ3v) is 4.43. The molecule has 1 aliphatic rings. The van der Waals surface area contributed by atoms with Crippen molar-refractivity contribution in [3.8, 4) is 0 Å². The van der Waals surface area contributed by atoms with Crippen molar-refractivity contribution in [2.45, 2.75) is 31.1 Å². The van der Waals surface area contributed by atoms with Gasteiger partial charge in [0.2, 0.25) is 10.0 Å². The van der Waals surface area contributed by atoms with Gasteiger partial charge in [-0.1, -0.05) is 13.0 Å². The molecule has 0 unspecified atom stereocenters. The fourth-order valence-electron chi connectivity index (χ4n) is 2.04. The lowest BCUT2D eigenvalue weighted by Gasteiger charge is -2.20. The van der Waals surface area contributed by atoms with Crippen LogP contribution in [-0.4, -0.2) is 21.5 Å². The molecule has 0 atom stereocenters. The smallest absolute Gasteiger partial charge is 0.240 e. The minimum atomic E-state index is -3.35. The van der Waals surface area contributed by atoms with Crippen molar-refractivity contribution in [1.82, 2.24) is 4.72 Å². The van der Waals surface area contributed by atoms with Gasteiger partial charge in [-0.15, -0.1) is 0 Å². The van der Waals surface area contributed by atoms with Gasteiger partial charge in [-0.25, -0.2) is 13.1 Å². The van der Waals surface area contributed by atoms with Crippen LogP contribution in [-0.2, 0) is 16.4 Å². The van der Waals surface area contributed by atoms with E-state index in [-0.39, 0.29) is 0 Å². The van der Waals surface area contributed by atoms with Crippen LogP contribution in [0.3, 0.4) is 0 Å². The normalized spacial score (nSPS) is 15.1. The first-order valence-electron chi connectivity index (χ1n) is 6.00. The summed E-state index contributed by atoms with van der Waals surface area (Å²) in [5, 5.41) is 3.24. The average molecular weight is 254 g/mol. The Bertz CT molecular complexity index is 497. The van der Waals surface area contributed by atoms with E-state index in [9.17, 15) is 8.42 Å². The summed E-state index contributed by atoms with van der Waals surface area (Å²) in [4.78, 5) is 0.427. The molecule has 0 saturated heterocycles. The van der Waals surface area contributed by atoms with Gasteiger partial charge in [-0.05, 0) is 37.0 Å². The van der Waals surface area contributed by atoms with Crippen LogP contribution >= 0.6 is 0 Å². The zero-order valence-corrected chi connectivity index (χ0v) is 10.8. The van der Waals surface area contributed by atoms with E-state index in [4.69, 9.17) is 0 Å². The largest absolute Gasteiger partial charge is 0.385 e. The van der Waals surface area contributed by atoms with E-state index >= 15 is 0 Å². The summed E-state index contributed by atoms with van der Waals surface area (Å²) >= 11 is 0. The summed E-state index contributed by atoms with van der Waals surface area (Å²) < 4.78 is 26.9. The number of sulfonamides is 1. The molecule has 0 amide bonds. The minimum absolute atomic E-state index is 0.427. The molecule has 2 rings (SSSR count). The van der Waals surface area contributed by atoms with Crippen molar-refractivity contribution in [3.63, 3.8) is 0 Å². The lowest BCUT2D eigenvalue weighted by molar-refractivity contribution is 0.579. The van der Waals surface area contributed by atoms with Crippen LogP contribution in [0.2, 0.25) is 0 Å². The van der Waals surface area contributed by atoms with E-state index in [1.54, 1.807) is 12.1 Å². The Balaban J connectivity index is 2.38. The maximum Gasteiger partial charge on any atom is 0.240 e. The molecule has 0 aliphatic carbocycles. The van der Waals surface area contributed by atoms with Crippen LogP contribution < -0.4 is 10.0 Å². The molecule has 5 heteroatoms. The van der Waals surface area contributed by atoms with Crippen LogP contribution in [0, 0.1) is 0 Å². The SMILES string of the molecule is CCCNS(=O)(=O)c1cccc2c1CCCN2. The number of anilines is 1. The molecule has 2 N–H and O–H groups in total. The summed E-state index contributed by atoms with van der Waals surface area (Å²) in [5.41, 5.74) is 1.87. The average Bonchev–Trinajstić information content (AvgIpc) is 2.36. The predicted octanol–water partition coefficient (Wildman–Crippen LogP) is 1.73. The van der Waals surface area contributed by atoms with Gasteiger partial charge >= 0.3 is 0 Å². The second kappa shape index (κ2) is 5.06. The Morgan fingerprint density at radius 1 is 1.41 bits per heavy atom. The second-order valence-electron chi connectivity index (χ2n) is 4.21. The van der Waals surface area contributed by atoms with Gasteiger partial charge in [0.15, 0.2) is 0 Å². The highest BCUT2D eigenvalue weighted by molar-refractivity contribution is 7.89. The number of fused-ring (bicyclic) bond motifs is 1. The van der Waals surface area contributed by atoms with E-state index < -0.39 is 10.0 Å². The Morgan fingerprint density at radius 2 is 2.24 bits per heavy atom. The van der Waals surface area contributed by atoms with E-state index in [1.165, 1.54) is 0 Å². The van der Waals surface area contributed by atoms with Gasteiger partial charge < -0.3 is 5.32 Å². The van der Waals surface area contributed by atoms with E-state index in [2.05, 4.69) is 10.0 Å². The van der Waals surface area contributed by atoms with Gasteiger partial charge in [0.05, 0.1) is 4.90 Å². The Morgan fingerprint density at radius 3 is 3.00 bits per heavy atom. The molecule has 1 aromatic rings. The predicted molar refractivity (Wildman–Crippen MR) is 68.7 cm³/mol. The Labute approximate surface area is 102 Å². The van der Waals surface area contributed by atoms with E-state index in [0.717, 1.165) is 37.1 Å². The van der Waals surface area contributed by atoms with Gasteiger partial charge in [-0.2, -0.15) is 0 Å². The third kappa shape index (κ3) is 2.61. The molecule has 0 radical (unpaired) electrons. The van der Waals surface area contributed by atoms with Crippen molar-refractivity contribution in [3.05, 3.63) is 23.8 Å². The maximum absolute atomic E-state index is 12.1. The first-order valence-corrected chi connectivity index (χ1v) is 7.49. The third-order valence-electron chi connectivity index (χ3n) is 2.88. The summed E-state index contributed by atoms with van der Waals surface area (Å²) in [6, 6.07) is 5.41. The fraction of sp³-hybridized carbons (Fsp3) is 0.500. The molecule has 1 aromatic carbocycles. The zero-order chi connectivity index (χ0) is 12.3. The number of hydrogen-bond acceptors (Lipinski definition) is 3. The first kappa shape index (κ1) is 12.4. The highest BCUT2D eigenvalue weighted by Crippen LogP contribution is 2.28. The van der Waals surface area contributed by atoms with Crippen molar-refractivity contribution in [1.29, 1.82) is 0 Å². The van der Waals surface area contributed by atoms with Crippen LogP contribution in [0.5, 0.6) is 0 Å². The lowest BCUT2D eigenvalue weighted by atomic mass is 10.0. The molecular weight excluding hydrogens is 236 g/mol. The standard InChI is InChI=1S/C12H18N2O2S/c1-2-8-14-17(15,16)12-7-3-6-11-10(12)5-4-9-13-11/h3,6-7,13-14H,2,4-5,8-9H2,1H3. The molecule has 0 spiro atoms. The molecule has 94 valence electrons. The van der Waals surface area contributed by atoms with Gasteiger partial charge in [-0.3, -0.25) is 0 Å². The zero-order valence-electron chi connectivity index (χ0n) is 9.99. The van der Waals surface area contributed by atoms with Crippen LogP contribution in [0.1, 0.15) is 25.3 Å². The molecule has 4 nitrogen and oxygen atoms in total. The molecule has 1 aliphatic heterocycles. The Hall–Kier alpha value is -1.07. The first-order chi connectivity index (χ1) is 8.15. The summed E-state index contributed by atoms with van der Waals surface area (Å²) in [5.74, 6) is 0. The van der Waals surface area contributed by atoms with Crippen molar-refractivity contribution in [2.75, 3.05) is 18.4 Å². The molecule has 1 heterocycles. The quantitative estimate of drug-likeness (QED) is 0.860. The molecule has 0 saturated carbocycles. The number of rotatable bonds is 4. The Kier molecular flexibility index (Phi) is 3.69. The summed E-state index contributed by atoms with van der Waals surface area (Å²) in [6.07, 6.45) is 2.60. The summed E-state index contributed by atoms with van der Waals surface area (Å²) in [6.45, 7) is 3.35. The van der Waals surface area contributed by atoms with E-state index in [1.807, 2.05) is 13.0 Å². The molecular formula is C12H18N2O2S. The minimum Gasteiger partial charge on any atom is -0.385 e. The lowest BCUT2D eigenvalue weighted by Crippen LogP contribution is -2.26. The monoisotopic (exact) mass is 254 g/mol. The maximum atomic E-state index is 12.1. The molecule has 0 fully saturated rings. The molecule has 0 bridgehead atoms. The number of hydrogen-bond donors (Lipinski definition) is 2. The fourth-order valence-corrected chi connectivity index (χ4v) is 3.47. The van der Waals surface area contributed by atoms with Gasteiger partial charge in [0.1, 0.15) is 0 Å². The second-order valence-corrected chi connectivity index (χ2v) is 5.95. The summed E-state index contributed by atoms with van der Waals surface area (Å²) in [7, 11) is -3.35. The number of nitrogens with one attached hydrogen (secondary N) is 2. The van der Waals surface area contributed by atoms with Crippen molar-refractivity contribution in [2.24, 2.45) is 0 Å².